The van der Waals surface area contributed by atoms with Gasteiger partial charge in [0, 0.05) is 38.0 Å². The van der Waals surface area contributed by atoms with Crippen molar-refractivity contribution in [1.82, 2.24) is 15.1 Å². The maximum absolute atomic E-state index is 13.7. The van der Waals surface area contributed by atoms with Crippen LogP contribution < -0.4 is 5.73 Å². The highest BCUT2D eigenvalue weighted by molar-refractivity contribution is 7.99. The molecule has 0 bridgehead atoms. The third-order valence-electron chi connectivity index (χ3n) is 6.96. The summed E-state index contributed by atoms with van der Waals surface area (Å²) in [5.74, 6) is -1.12. The van der Waals surface area contributed by atoms with Crippen molar-refractivity contribution in [3.8, 4) is 0 Å². The number of carbonyl (C=O) groups excluding carboxylic acids is 3. The van der Waals surface area contributed by atoms with Crippen LogP contribution in [0.1, 0.15) is 89.7 Å². The number of thioether (sulfide) groups is 1. The van der Waals surface area contributed by atoms with Crippen molar-refractivity contribution in [2.45, 2.75) is 95.4 Å². The van der Waals surface area contributed by atoms with Crippen LogP contribution in [0.4, 0.5) is 4.79 Å². The molecule has 1 unspecified atom stereocenters. The number of hydrogen-bond donors (Lipinski definition) is 1. The van der Waals surface area contributed by atoms with Gasteiger partial charge in [0.1, 0.15) is 11.1 Å². The van der Waals surface area contributed by atoms with E-state index in [2.05, 4.69) is 10.2 Å². The minimum Gasteiger partial charge on any atom is -0.444 e. The second kappa shape index (κ2) is 13.2. The van der Waals surface area contributed by atoms with Gasteiger partial charge in [0.15, 0.2) is 5.78 Å². The van der Waals surface area contributed by atoms with Gasteiger partial charge in [-0.2, -0.15) is 0 Å². The third kappa shape index (κ3) is 7.77. The molecule has 1 saturated carbocycles. The minimum atomic E-state index is -1.70. The second-order valence-corrected chi connectivity index (χ2v) is 12.0. The van der Waals surface area contributed by atoms with E-state index in [-0.39, 0.29) is 34.8 Å². The number of amides is 1. The number of rotatable bonds is 11. The highest BCUT2D eigenvalue weighted by Gasteiger charge is 2.52. The molecule has 0 spiro atoms. The Morgan fingerprint density at radius 2 is 1.73 bits per heavy atom. The molecule has 0 radical (unpaired) electrons. The van der Waals surface area contributed by atoms with E-state index in [1.165, 1.54) is 11.8 Å². The highest BCUT2D eigenvalue weighted by Crippen LogP contribution is 2.36. The van der Waals surface area contributed by atoms with Crippen molar-refractivity contribution in [2.24, 2.45) is 17.6 Å². The smallest absolute Gasteiger partial charge is 0.410 e. The van der Waals surface area contributed by atoms with E-state index < -0.39 is 16.9 Å². The lowest BCUT2D eigenvalue weighted by atomic mass is 9.68. The Labute approximate surface area is 223 Å². The second-order valence-electron chi connectivity index (χ2n) is 11.0. The van der Waals surface area contributed by atoms with E-state index in [0.29, 0.717) is 44.9 Å². The van der Waals surface area contributed by atoms with E-state index in [9.17, 15) is 14.4 Å². The summed E-state index contributed by atoms with van der Waals surface area (Å²) in [6.07, 6.45) is 6.03. The molecule has 1 aliphatic heterocycles. The van der Waals surface area contributed by atoms with Crippen molar-refractivity contribution >= 4 is 29.4 Å². The molecule has 1 saturated heterocycles. The van der Waals surface area contributed by atoms with Crippen LogP contribution in [0.5, 0.6) is 0 Å². The van der Waals surface area contributed by atoms with Crippen molar-refractivity contribution < 1.29 is 28.3 Å². The average molecular weight is 539 g/mol. The lowest BCUT2D eigenvalue weighted by molar-refractivity contribution is -0.130. The first kappa shape index (κ1) is 29.6. The normalized spacial score (nSPS) is 19.3. The predicted molar refractivity (Wildman–Crippen MR) is 139 cm³/mol. The fourth-order valence-corrected chi connectivity index (χ4v) is 5.75. The minimum absolute atomic E-state index is 0.198. The molecule has 2 fully saturated rings. The van der Waals surface area contributed by atoms with Crippen LogP contribution in [0.2, 0.25) is 0 Å². The fraction of sp³-hybridized carbons (Fsp3) is 0.808. The molecule has 3 rings (SSSR count). The Kier molecular flexibility index (Phi) is 10.5. The molecule has 2 aliphatic rings. The van der Waals surface area contributed by atoms with Crippen molar-refractivity contribution in [1.29, 1.82) is 0 Å². The Morgan fingerprint density at radius 3 is 2.35 bits per heavy atom. The molecular weight excluding hydrogens is 496 g/mol. The zero-order valence-corrected chi connectivity index (χ0v) is 23.4. The largest absolute Gasteiger partial charge is 0.444 e. The van der Waals surface area contributed by atoms with Crippen LogP contribution in [-0.2, 0) is 14.3 Å². The van der Waals surface area contributed by atoms with Gasteiger partial charge >= 0.3 is 6.09 Å². The van der Waals surface area contributed by atoms with Crippen LogP contribution in [0.15, 0.2) is 9.64 Å². The van der Waals surface area contributed by atoms with Gasteiger partial charge in [-0.3, -0.25) is 9.59 Å². The summed E-state index contributed by atoms with van der Waals surface area (Å²) >= 11 is 1.24. The molecule has 2 N–H and O–H groups in total. The Balaban J connectivity index is 1.69. The van der Waals surface area contributed by atoms with Crippen LogP contribution in [-0.4, -0.2) is 76.0 Å². The first-order valence-corrected chi connectivity index (χ1v) is 14.4. The molecule has 11 heteroatoms. The number of hydrogen-bond acceptors (Lipinski definition) is 10. The lowest BCUT2D eigenvalue weighted by Gasteiger charge is -2.38. The zero-order chi connectivity index (χ0) is 27.1. The average Bonchev–Trinajstić information content (AvgIpc) is 3.35. The molecule has 1 atom stereocenters. The van der Waals surface area contributed by atoms with E-state index in [0.717, 1.165) is 38.5 Å². The van der Waals surface area contributed by atoms with Gasteiger partial charge in [0.25, 0.3) is 11.1 Å². The van der Waals surface area contributed by atoms with Crippen molar-refractivity contribution in [3.05, 3.63) is 5.89 Å². The number of ketones is 2. The van der Waals surface area contributed by atoms with E-state index in [4.69, 9.17) is 19.6 Å². The maximum Gasteiger partial charge on any atom is 0.410 e. The topological polar surface area (TPSA) is 138 Å². The van der Waals surface area contributed by atoms with E-state index in [1.807, 2.05) is 27.7 Å². The molecule has 1 aliphatic carbocycles. The van der Waals surface area contributed by atoms with Gasteiger partial charge in [0.05, 0.1) is 0 Å². The summed E-state index contributed by atoms with van der Waals surface area (Å²) in [7, 11) is 0. The Hall–Kier alpha value is -1.98. The van der Waals surface area contributed by atoms with Crippen LogP contribution >= 0.6 is 11.8 Å². The van der Waals surface area contributed by atoms with Crippen molar-refractivity contribution in [3.63, 3.8) is 0 Å². The molecule has 1 aromatic rings. The van der Waals surface area contributed by atoms with Gasteiger partial charge in [-0.05, 0) is 58.8 Å². The SMILES string of the molecule is CCCN(CCSc1nnc(C(=O)C(N)(C(=O)C2CCCCC2)C2CCOCC2)o1)C(=O)OC(C)(C)C. The highest BCUT2D eigenvalue weighted by atomic mass is 32.2. The summed E-state index contributed by atoms with van der Waals surface area (Å²) < 4.78 is 16.6. The van der Waals surface area contributed by atoms with Crippen LogP contribution in [0.3, 0.4) is 0 Å². The number of ether oxygens (including phenoxy) is 2. The van der Waals surface area contributed by atoms with Gasteiger partial charge in [0.2, 0.25) is 5.78 Å². The van der Waals surface area contributed by atoms with E-state index in [1.54, 1.807) is 4.90 Å². The summed E-state index contributed by atoms with van der Waals surface area (Å²) in [4.78, 5) is 41.5. The summed E-state index contributed by atoms with van der Waals surface area (Å²) in [6.45, 7) is 9.39. The molecule has 208 valence electrons. The monoisotopic (exact) mass is 538 g/mol. The first-order valence-electron chi connectivity index (χ1n) is 13.5. The third-order valence-corrected chi connectivity index (χ3v) is 7.76. The van der Waals surface area contributed by atoms with Gasteiger partial charge in [-0.1, -0.05) is 37.9 Å². The number of nitrogens with zero attached hydrogens (tertiary/aromatic N) is 3. The number of carbonyl (C=O) groups is 3. The van der Waals surface area contributed by atoms with Gasteiger partial charge in [-0.25, -0.2) is 4.79 Å². The van der Waals surface area contributed by atoms with Gasteiger partial charge < -0.3 is 24.5 Å². The zero-order valence-electron chi connectivity index (χ0n) is 22.6. The molecule has 1 amide bonds. The molecule has 37 heavy (non-hydrogen) atoms. The van der Waals surface area contributed by atoms with Crippen LogP contribution in [0.25, 0.3) is 0 Å². The summed E-state index contributed by atoms with van der Waals surface area (Å²) in [5.41, 5.74) is 4.46. The quantitative estimate of drug-likeness (QED) is 0.247. The van der Waals surface area contributed by atoms with E-state index >= 15 is 0 Å². The summed E-state index contributed by atoms with van der Waals surface area (Å²) in [6, 6.07) is 0. The first-order chi connectivity index (χ1) is 17.6. The molecule has 10 nitrogen and oxygen atoms in total. The molecular formula is C26H42N4O6S. The van der Waals surface area contributed by atoms with Gasteiger partial charge in [-0.15, -0.1) is 10.2 Å². The molecule has 1 aromatic heterocycles. The summed E-state index contributed by atoms with van der Waals surface area (Å²) in [5, 5.41) is 8.18. The number of nitrogens with two attached hydrogens (primary N) is 1. The Bertz CT molecular complexity index is 920. The molecule has 2 heterocycles. The fourth-order valence-electron chi connectivity index (χ4n) is 5.02. The lowest BCUT2D eigenvalue weighted by Crippen LogP contribution is -2.63. The standard InChI is InChI=1S/C26H42N4O6S/c1-5-13-30(24(33)36-25(2,3)4)14-17-37-23-29-28-22(35-23)21(32)26(27,19-11-15-34-16-12-19)20(31)18-9-7-6-8-10-18/h18-19H,5-17,27H2,1-4H3. The Morgan fingerprint density at radius 1 is 1.05 bits per heavy atom. The number of Topliss-reactive ketones (excluding diaryl/α,β-unsaturated/α-hetero) is 2. The van der Waals surface area contributed by atoms with Crippen molar-refractivity contribution in [2.75, 3.05) is 32.1 Å². The predicted octanol–water partition coefficient (Wildman–Crippen LogP) is 4.27. The molecule has 0 aromatic carbocycles. The maximum atomic E-state index is 13.7. The van der Waals surface area contributed by atoms with Crippen LogP contribution in [0, 0.1) is 11.8 Å². The number of aromatic nitrogens is 2.